The number of nitrogens with one attached hydrogen (secondary N) is 9. The van der Waals surface area contributed by atoms with Crippen molar-refractivity contribution in [2.45, 2.75) is 121 Å². The monoisotopic (exact) mass is 1030 g/mol. The largest absolute Gasteiger partial charge is 0.480 e. The van der Waals surface area contributed by atoms with Gasteiger partial charge < -0.3 is 85.8 Å². The van der Waals surface area contributed by atoms with E-state index in [2.05, 4.69) is 82.8 Å². The summed E-state index contributed by atoms with van der Waals surface area (Å²) < 4.78 is 0. The number of hydrogen-bond donors (Lipinski definition) is 18. The first-order valence-corrected chi connectivity index (χ1v) is 23.3. The number of carboxylic acid groups (broad SMARTS) is 1. The van der Waals surface area contributed by atoms with Gasteiger partial charge >= 0.3 is 5.97 Å². The molecule has 30 heteroatoms. The van der Waals surface area contributed by atoms with Gasteiger partial charge in [0.05, 0.1) is 32.0 Å². The molecule has 0 saturated heterocycles. The molecule has 394 valence electrons. The molecule has 0 aromatic carbocycles. The Morgan fingerprint density at radius 1 is 0.614 bits per heavy atom. The van der Waals surface area contributed by atoms with Crippen LogP contribution in [0.15, 0.2) is 17.5 Å². The number of primary amides is 1. The molecule has 0 bridgehead atoms. The standard InChI is InChI=1S/C40H69N15O13S2/c1-18(2)8-23(50-36(64)26(11-30(42)58)52-38(66)27(13-56)53-31(59)21(41)15-69)33(61)49-24(9-19(3)4)34(62)54-28(14-57)37(65)48-22(6-5-7-46-40(43)44)32(60)51-25(10-20-12-45-17-47-20)35(63)55-29(16-70)39(67)68/h12,17-19,21-29,56-57,69-70H,5-11,13-16,41H2,1-4H3,(H2,42,58)(H,45,47)(H,48,65)(H,49,61)(H,50,64)(H,51,60)(H,52,66)(H,53,59)(H,54,62)(H,55,63)(H,67,68)(H4,43,44,46)/t21-,22-,23-,24-,25-,26-,27-,28-,29-/m0/s1. The lowest BCUT2D eigenvalue weighted by atomic mass is 9.99. The molecule has 0 saturated carbocycles. The van der Waals surface area contributed by atoms with Gasteiger partial charge in [-0.1, -0.05) is 27.7 Å². The molecule has 1 aromatic heterocycles. The van der Waals surface area contributed by atoms with E-state index in [-0.39, 0.29) is 67.9 Å². The Balaban J connectivity index is 3.40. The van der Waals surface area contributed by atoms with Crippen molar-refractivity contribution in [2.24, 2.45) is 39.8 Å². The number of aliphatic imine (C=N–C) groups is 1. The van der Waals surface area contributed by atoms with Crippen LogP contribution >= 0.6 is 25.3 Å². The molecule has 0 unspecified atom stereocenters. The van der Waals surface area contributed by atoms with E-state index >= 15 is 0 Å². The van der Waals surface area contributed by atoms with Crippen molar-refractivity contribution in [3.8, 4) is 0 Å². The van der Waals surface area contributed by atoms with E-state index in [9.17, 15) is 63.3 Å². The van der Waals surface area contributed by atoms with Gasteiger partial charge in [-0.25, -0.2) is 9.78 Å². The van der Waals surface area contributed by atoms with Gasteiger partial charge in [0.25, 0.3) is 0 Å². The molecule has 1 rings (SSSR count). The Morgan fingerprint density at radius 2 is 1.03 bits per heavy atom. The van der Waals surface area contributed by atoms with E-state index in [0.29, 0.717) is 5.69 Å². The van der Waals surface area contributed by atoms with Crippen LogP contribution in [0.4, 0.5) is 0 Å². The molecule has 0 aliphatic carbocycles. The predicted octanol–water partition coefficient (Wildman–Crippen LogP) is -6.89. The van der Waals surface area contributed by atoms with Crippen molar-refractivity contribution < 1.29 is 63.3 Å². The molecule has 0 aliphatic heterocycles. The van der Waals surface area contributed by atoms with Gasteiger partial charge in [-0.15, -0.1) is 0 Å². The highest BCUT2D eigenvalue weighted by Crippen LogP contribution is 2.11. The maximum absolute atomic E-state index is 13.9. The summed E-state index contributed by atoms with van der Waals surface area (Å²) in [5.41, 5.74) is 22.2. The first-order chi connectivity index (χ1) is 32.9. The molecule has 70 heavy (non-hydrogen) atoms. The number of amides is 9. The normalized spacial score (nSPS) is 15.0. The Morgan fingerprint density at radius 3 is 1.46 bits per heavy atom. The molecular formula is C40H69N15O13S2. The van der Waals surface area contributed by atoms with Crippen molar-refractivity contribution in [3.63, 3.8) is 0 Å². The second kappa shape index (κ2) is 31.8. The SMILES string of the molecule is CC(C)C[C@H](NC(=O)[C@H](CC(C)C)NC(=O)[C@H](CC(N)=O)NC(=O)[C@H](CO)NC(=O)[C@@H](N)CS)C(=O)N[C@@H](CO)C(=O)N[C@@H](CCCN=C(N)N)C(=O)N[C@@H](Cc1cnc[nH]1)C(=O)N[C@@H](CS)C(=O)O. The maximum atomic E-state index is 13.9. The quantitative estimate of drug-likeness (QED) is 0.0135. The molecular weight excluding hydrogens is 963 g/mol. The Bertz CT molecular complexity index is 1960. The Labute approximate surface area is 414 Å². The number of carbonyl (C=O) groups is 10. The third-order valence-corrected chi connectivity index (χ3v) is 10.6. The number of rotatable bonds is 33. The highest BCUT2D eigenvalue weighted by atomic mass is 32.1. The van der Waals surface area contributed by atoms with E-state index < -0.39 is 133 Å². The topological polar surface area (TPSA) is 473 Å². The van der Waals surface area contributed by atoms with E-state index in [0.717, 1.165) is 0 Å². The second-order valence-corrected chi connectivity index (χ2v) is 17.6. The van der Waals surface area contributed by atoms with Crippen LogP contribution in [0, 0.1) is 11.8 Å². The minimum Gasteiger partial charge on any atom is -0.480 e. The first kappa shape index (κ1) is 61.8. The summed E-state index contributed by atoms with van der Waals surface area (Å²) in [4.78, 5) is 142. The predicted molar refractivity (Wildman–Crippen MR) is 258 cm³/mol. The average Bonchev–Trinajstić information content (AvgIpc) is 3.80. The number of aliphatic hydroxyl groups is 2. The molecule has 0 spiro atoms. The fraction of sp³-hybridized carbons (Fsp3) is 0.650. The lowest BCUT2D eigenvalue weighted by Crippen LogP contribution is -2.61. The van der Waals surface area contributed by atoms with Crippen LogP contribution in [-0.2, 0) is 54.4 Å². The number of aliphatic hydroxyl groups excluding tert-OH is 2. The Hall–Kier alpha value is -6.24. The summed E-state index contributed by atoms with van der Waals surface area (Å²) in [5.74, 6) is -11.5. The highest BCUT2D eigenvalue weighted by Gasteiger charge is 2.35. The summed E-state index contributed by atoms with van der Waals surface area (Å²) in [5, 5.41) is 48.6. The van der Waals surface area contributed by atoms with Crippen LogP contribution in [-0.4, -0.2) is 176 Å². The Kier molecular flexibility index (Phi) is 28.1. The molecule has 0 fully saturated rings. The number of carbonyl (C=O) groups excluding carboxylic acids is 9. The van der Waals surface area contributed by atoms with E-state index in [4.69, 9.17) is 22.9 Å². The molecule has 20 N–H and O–H groups in total. The van der Waals surface area contributed by atoms with Crippen molar-refractivity contribution in [1.82, 2.24) is 52.5 Å². The molecule has 1 heterocycles. The van der Waals surface area contributed by atoms with Gasteiger partial charge in [0, 0.05) is 36.4 Å². The van der Waals surface area contributed by atoms with Gasteiger partial charge in [0.2, 0.25) is 53.2 Å². The summed E-state index contributed by atoms with van der Waals surface area (Å²) >= 11 is 7.87. The fourth-order valence-corrected chi connectivity index (χ4v) is 6.67. The smallest absolute Gasteiger partial charge is 0.327 e. The van der Waals surface area contributed by atoms with Crippen LogP contribution in [0.1, 0.15) is 65.5 Å². The van der Waals surface area contributed by atoms with Crippen LogP contribution in [0.2, 0.25) is 0 Å². The molecule has 9 amide bonds. The number of hydrogen-bond acceptors (Lipinski definition) is 17. The van der Waals surface area contributed by atoms with Crippen molar-refractivity contribution in [3.05, 3.63) is 18.2 Å². The minimum atomic E-state index is -1.74. The van der Waals surface area contributed by atoms with Crippen LogP contribution in [0.5, 0.6) is 0 Å². The van der Waals surface area contributed by atoms with Crippen molar-refractivity contribution in [2.75, 3.05) is 31.3 Å². The van der Waals surface area contributed by atoms with E-state index in [1.54, 1.807) is 27.7 Å². The third-order valence-electron chi connectivity index (χ3n) is 9.87. The zero-order valence-corrected chi connectivity index (χ0v) is 41.1. The number of imidazole rings is 1. The number of carboxylic acids is 1. The highest BCUT2D eigenvalue weighted by molar-refractivity contribution is 7.80. The summed E-state index contributed by atoms with van der Waals surface area (Å²) in [6.07, 6.45) is 1.55. The van der Waals surface area contributed by atoms with Gasteiger partial charge in [0.15, 0.2) is 5.96 Å². The number of H-pyrrole nitrogens is 1. The lowest BCUT2D eigenvalue weighted by Gasteiger charge is -2.28. The third kappa shape index (κ3) is 22.9. The van der Waals surface area contributed by atoms with Gasteiger partial charge in [-0.05, 0) is 37.5 Å². The molecule has 0 aliphatic rings. The van der Waals surface area contributed by atoms with E-state index in [1.165, 1.54) is 12.5 Å². The lowest BCUT2D eigenvalue weighted by molar-refractivity contribution is -0.141. The van der Waals surface area contributed by atoms with Crippen LogP contribution < -0.4 is 65.5 Å². The fourth-order valence-electron chi connectivity index (χ4n) is 6.26. The molecule has 1 aromatic rings. The summed E-state index contributed by atoms with van der Waals surface area (Å²) in [7, 11) is 0. The number of aromatic amines is 1. The molecule has 0 radical (unpaired) electrons. The number of nitrogens with two attached hydrogens (primary N) is 4. The average molecular weight is 1030 g/mol. The first-order valence-electron chi connectivity index (χ1n) is 22.0. The zero-order chi connectivity index (χ0) is 53.2. The van der Waals surface area contributed by atoms with Crippen LogP contribution in [0.25, 0.3) is 0 Å². The second-order valence-electron chi connectivity index (χ2n) is 16.8. The number of thiol groups is 2. The van der Waals surface area contributed by atoms with Gasteiger partial charge in [-0.3, -0.25) is 48.1 Å². The number of aromatic nitrogens is 2. The number of aliphatic carboxylic acids is 1. The van der Waals surface area contributed by atoms with Crippen molar-refractivity contribution in [1.29, 1.82) is 0 Å². The van der Waals surface area contributed by atoms with Crippen molar-refractivity contribution >= 4 is 90.4 Å². The number of guanidine groups is 1. The van der Waals surface area contributed by atoms with Gasteiger partial charge in [0.1, 0.15) is 48.3 Å². The number of nitrogens with zero attached hydrogens (tertiary/aromatic N) is 2. The zero-order valence-electron chi connectivity index (χ0n) is 39.3. The summed E-state index contributed by atoms with van der Waals surface area (Å²) in [6, 6.07) is -13.4. The maximum Gasteiger partial charge on any atom is 0.327 e. The van der Waals surface area contributed by atoms with Gasteiger partial charge in [-0.2, -0.15) is 25.3 Å². The molecule has 28 nitrogen and oxygen atoms in total. The molecule has 9 atom stereocenters. The van der Waals surface area contributed by atoms with Crippen LogP contribution in [0.3, 0.4) is 0 Å². The summed E-state index contributed by atoms with van der Waals surface area (Å²) in [6.45, 7) is 4.90. The minimum absolute atomic E-state index is 0.00584. The van der Waals surface area contributed by atoms with E-state index in [1.807, 2.05) is 0 Å².